The van der Waals surface area contributed by atoms with Gasteiger partial charge in [-0.05, 0) is 69.4 Å². The molecule has 0 unspecified atom stereocenters. The highest BCUT2D eigenvalue weighted by atomic mass is 79.9. The summed E-state index contributed by atoms with van der Waals surface area (Å²) in [4.78, 5) is 29.1. The lowest BCUT2D eigenvalue weighted by Gasteiger charge is -2.32. The Kier molecular flexibility index (Phi) is 10.0. The van der Waals surface area contributed by atoms with Crippen LogP contribution in [0.1, 0.15) is 31.4 Å². The topological polar surface area (TPSA) is 58.6 Å². The minimum atomic E-state index is -0.728. The Labute approximate surface area is 243 Å². The normalized spacial score (nSPS) is 12.5. The predicted octanol–water partition coefficient (Wildman–Crippen LogP) is 7.19. The summed E-state index contributed by atoms with van der Waals surface area (Å²) in [7, 11) is 0. The molecular formula is C32H32BrClN2O3. The van der Waals surface area contributed by atoms with Gasteiger partial charge in [0.05, 0.1) is 4.47 Å². The maximum atomic E-state index is 13.8. The van der Waals surface area contributed by atoms with E-state index >= 15 is 0 Å². The molecule has 0 saturated heterocycles. The first kappa shape index (κ1) is 28.7. The van der Waals surface area contributed by atoms with E-state index < -0.39 is 6.04 Å². The maximum Gasteiger partial charge on any atom is 0.261 e. The molecule has 0 aliphatic carbocycles. The molecule has 202 valence electrons. The molecule has 0 aromatic heterocycles. The summed E-state index contributed by atoms with van der Waals surface area (Å²) in [6.45, 7) is 4.00. The number of benzene rings is 4. The number of carbonyl (C=O) groups excluding carboxylic acids is 2. The molecule has 4 rings (SSSR count). The number of ether oxygens (including phenoxy) is 1. The predicted molar refractivity (Wildman–Crippen MR) is 161 cm³/mol. The lowest BCUT2D eigenvalue weighted by atomic mass is 10.0. The van der Waals surface area contributed by atoms with Crippen LogP contribution < -0.4 is 10.1 Å². The second-order valence-corrected chi connectivity index (χ2v) is 10.8. The zero-order chi connectivity index (χ0) is 27.8. The van der Waals surface area contributed by atoms with Gasteiger partial charge in [0.1, 0.15) is 11.8 Å². The molecule has 39 heavy (non-hydrogen) atoms. The molecule has 0 aliphatic heterocycles. The van der Waals surface area contributed by atoms with Gasteiger partial charge in [0.25, 0.3) is 5.91 Å². The van der Waals surface area contributed by atoms with Gasteiger partial charge < -0.3 is 15.0 Å². The molecule has 1 N–H and O–H groups in total. The molecule has 4 aromatic rings. The molecule has 5 nitrogen and oxygen atoms in total. The van der Waals surface area contributed by atoms with Crippen LogP contribution in [0.5, 0.6) is 5.75 Å². The Morgan fingerprint density at radius 2 is 1.62 bits per heavy atom. The number of hydrogen-bond donors (Lipinski definition) is 1. The monoisotopic (exact) mass is 606 g/mol. The van der Waals surface area contributed by atoms with Crippen molar-refractivity contribution < 1.29 is 14.3 Å². The van der Waals surface area contributed by atoms with Gasteiger partial charge in [-0.1, -0.05) is 91.3 Å². The molecule has 2 atom stereocenters. The summed E-state index contributed by atoms with van der Waals surface area (Å²) in [5, 5.41) is 5.75. The van der Waals surface area contributed by atoms with Gasteiger partial charge in [0, 0.05) is 24.0 Å². The van der Waals surface area contributed by atoms with Gasteiger partial charge in [-0.15, -0.1) is 0 Å². The van der Waals surface area contributed by atoms with E-state index in [1.54, 1.807) is 17.0 Å². The zero-order valence-electron chi connectivity index (χ0n) is 22.1. The van der Waals surface area contributed by atoms with Crippen LogP contribution in [0.15, 0.2) is 95.5 Å². The van der Waals surface area contributed by atoms with E-state index in [-0.39, 0.29) is 31.0 Å². The smallest absolute Gasteiger partial charge is 0.261 e. The van der Waals surface area contributed by atoms with Gasteiger partial charge in [0.2, 0.25) is 5.91 Å². The van der Waals surface area contributed by atoms with E-state index in [1.807, 2.05) is 92.7 Å². The molecule has 0 heterocycles. The average Bonchev–Trinajstić information content (AvgIpc) is 2.96. The van der Waals surface area contributed by atoms with Crippen molar-refractivity contribution in [2.45, 2.75) is 45.3 Å². The highest BCUT2D eigenvalue weighted by Gasteiger charge is 2.31. The van der Waals surface area contributed by atoms with E-state index in [2.05, 4.69) is 21.2 Å². The number of fused-ring (bicyclic) bond motifs is 1. The standard InChI is InChI=1S/C32H32BrClN2O3/c1-3-22(2)35-32(38)28(19-23-9-5-4-6-10-23)36(20-24-13-16-26(34)17-14-24)30(37)21-39-29-18-15-25-11-7-8-12-27(25)31(29)33/h4-18,22,28H,3,19-21H2,1-2H3,(H,35,38)/t22-,28-/m1/s1. The minimum absolute atomic E-state index is 0.0203. The molecule has 7 heteroatoms. The van der Waals surface area contributed by atoms with Crippen LogP contribution in [0, 0.1) is 0 Å². The molecule has 2 amide bonds. The summed E-state index contributed by atoms with van der Waals surface area (Å²) < 4.78 is 6.82. The fourth-order valence-corrected chi connectivity index (χ4v) is 5.06. The summed E-state index contributed by atoms with van der Waals surface area (Å²) in [5.74, 6) is 0.0878. The highest BCUT2D eigenvalue weighted by molar-refractivity contribution is 9.10. The van der Waals surface area contributed by atoms with Crippen LogP contribution >= 0.6 is 27.5 Å². The van der Waals surface area contributed by atoms with Gasteiger partial charge in [0.15, 0.2) is 6.61 Å². The molecule has 0 bridgehead atoms. The quantitative estimate of drug-likeness (QED) is 0.196. The fourth-order valence-electron chi connectivity index (χ4n) is 4.33. The Morgan fingerprint density at radius 3 is 2.33 bits per heavy atom. The van der Waals surface area contributed by atoms with Crippen LogP contribution in [0.25, 0.3) is 10.8 Å². The van der Waals surface area contributed by atoms with Gasteiger partial charge >= 0.3 is 0 Å². The molecular weight excluding hydrogens is 576 g/mol. The van der Waals surface area contributed by atoms with Crippen molar-refractivity contribution >= 4 is 50.1 Å². The van der Waals surface area contributed by atoms with Crippen LogP contribution in [-0.4, -0.2) is 35.4 Å². The Bertz CT molecular complexity index is 1410. The first-order valence-electron chi connectivity index (χ1n) is 13.0. The van der Waals surface area contributed by atoms with Crippen molar-refractivity contribution in [1.29, 1.82) is 0 Å². The molecule has 0 spiro atoms. The van der Waals surface area contributed by atoms with E-state index in [0.29, 0.717) is 17.2 Å². The zero-order valence-corrected chi connectivity index (χ0v) is 24.4. The molecule has 0 saturated carbocycles. The van der Waals surface area contributed by atoms with Crippen LogP contribution in [0.3, 0.4) is 0 Å². The average molecular weight is 608 g/mol. The van der Waals surface area contributed by atoms with Gasteiger partial charge in [-0.3, -0.25) is 9.59 Å². The first-order valence-corrected chi connectivity index (χ1v) is 14.2. The third-order valence-electron chi connectivity index (χ3n) is 6.72. The molecule has 0 aliphatic rings. The minimum Gasteiger partial charge on any atom is -0.483 e. The van der Waals surface area contributed by atoms with Crippen LogP contribution in [-0.2, 0) is 22.6 Å². The number of hydrogen-bond acceptors (Lipinski definition) is 3. The fraction of sp³-hybridized carbons (Fsp3) is 0.250. The van der Waals surface area contributed by atoms with E-state index in [9.17, 15) is 9.59 Å². The third kappa shape index (κ3) is 7.61. The lowest BCUT2D eigenvalue weighted by molar-refractivity contribution is -0.143. The highest BCUT2D eigenvalue weighted by Crippen LogP contribution is 2.33. The van der Waals surface area contributed by atoms with E-state index in [4.69, 9.17) is 16.3 Å². The number of amides is 2. The number of rotatable bonds is 11. The summed E-state index contributed by atoms with van der Waals surface area (Å²) >= 11 is 9.74. The number of halogens is 2. The van der Waals surface area contributed by atoms with Gasteiger partial charge in [-0.25, -0.2) is 0 Å². The van der Waals surface area contributed by atoms with Crippen molar-refractivity contribution in [3.05, 3.63) is 112 Å². The molecule has 4 aromatic carbocycles. The van der Waals surface area contributed by atoms with Crippen molar-refractivity contribution in [2.24, 2.45) is 0 Å². The van der Waals surface area contributed by atoms with Crippen molar-refractivity contribution in [3.63, 3.8) is 0 Å². The Hall–Kier alpha value is -3.35. The number of nitrogens with zero attached hydrogens (tertiary/aromatic N) is 1. The number of nitrogens with one attached hydrogen (secondary N) is 1. The van der Waals surface area contributed by atoms with Crippen molar-refractivity contribution in [2.75, 3.05) is 6.61 Å². The Balaban J connectivity index is 1.64. The van der Waals surface area contributed by atoms with E-state index in [1.165, 1.54) is 0 Å². The lowest BCUT2D eigenvalue weighted by Crippen LogP contribution is -2.53. The number of carbonyl (C=O) groups is 2. The second-order valence-electron chi connectivity index (χ2n) is 9.56. The molecule has 0 fully saturated rings. The summed E-state index contributed by atoms with van der Waals surface area (Å²) in [5.41, 5.74) is 1.84. The molecule has 0 radical (unpaired) electrons. The van der Waals surface area contributed by atoms with E-state index in [0.717, 1.165) is 32.8 Å². The first-order chi connectivity index (χ1) is 18.9. The van der Waals surface area contributed by atoms with Crippen molar-refractivity contribution in [3.8, 4) is 5.75 Å². The summed E-state index contributed by atoms with van der Waals surface area (Å²) in [6, 6.07) is 28.1. The third-order valence-corrected chi connectivity index (χ3v) is 7.79. The van der Waals surface area contributed by atoms with Gasteiger partial charge in [-0.2, -0.15) is 0 Å². The summed E-state index contributed by atoms with van der Waals surface area (Å²) in [6.07, 6.45) is 1.16. The largest absolute Gasteiger partial charge is 0.483 e. The second kappa shape index (κ2) is 13.6. The van der Waals surface area contributed by atoms with Crippen LogP contribution in [0.4, 0.5) is 0 Å². The SMILES string of the molecule is CC[C@@H](C)NC(=O)[C@@H](Cc1ccccc1)N(Cc1ccc(Cl)cc1)C(=O)COc1ccc2ccccc2c1Br. The van der Waals surface area contributed by atoms with Crippen LogP contribution in [0.2, 0.25) is 5.02 Å². The van der Waals surface area contributed by atoms with Crippen molar-refractivity contribution in [1.82, 2.24) is 10.2 Å². The maximum absolute atomic E-state index is 13.8. The Morgan fingerprint density at radius 1 is 0.923 bits per heavy atom.